The Balaban J connectivity index is 1.83. The van der Waals surface area contributed by atoms with E-state index in [9.17, 15) is 9.18 Å². The lowest BCUT2D eigenvalue weighted by Crippen LogP contribution is -2.24. The normalized spacial score (nSPS) is 11.3. The molecule has 4 rings (SSSR count). The number of nitrogens with zero attached hydrogens (tertiary/aromatic N) is 3. The molecule has 1 heterocycles. The first kappa shape index (κ1) is 25.7. The third kappa shape index (κ3) is 6.25. The van der Waals surface area contributed by atoms with E-state index in [-0.39, 0.29) is 22.4 Å². The summed E-state index contributed by atoms with van der Waals surface area (Å²) < 4.78 is 45.0. The average Bonchev–Trinajstić information content (AvgIpc) is 2.89. The Morgan fingerprint density at radius 3 is 1.97 bits per heavy atom. The van der Waals surface area contributed by atoms with Crippen molar-refractivity contribution in [1.29, 1.82) is 0 Å². The predicted octanol–water partition coefficient (Wildman–Crippen LogP) is 6.33. The first-order valence-electron chi connectivity index (χ1n) is 11.7. The van der Waals surface area contributed by atoms with Gasteiger partial charge in [-0.15, -0.1) is 0 Å². The molecule has 0 aliphatic carbocycles. The molecule has 3 aromatic carbocycles. The second kappa shape index (κ2) is 11.6. The van der Waals surface area contributed by atoms with Gasteiger partial charge in [0.15, 0.2) is 5.82 Å². The highest BCUT2D eigenvalue weighted by atomic mass is 19.1. The molecule has 7 heteroatoms. The van der Waals surface area contributed by atoms with Gasteiger partial charge in [-0.3, -0.25) is 4.79 Å². The molecule has 0 aliphatic heterocycles. The van der Waals surface area contributed by atoms with E-state index in [2.05, 4.69) is 4.98 Å². The topological polar surface area (TPSA) is 36.4 Å². The maximum absolute atomic E-state index is 16.1. The lowest BCUT2D eigenvalue weighted by atomic mass is 10.0. The minimum Gasteiger partial charge on any atom is -0.360 e. The molecule has 1 aromatic heterocycles. The Labute approximate surface area is 214 Å². The lowest BCUT2D eigenvalue weighted by Gasteiger charge is -2.26. The van der Waals surface area contributed by atoms with E-state index in [1.165, 1.54) is 43.4 Å². The number of carbonyl (C=O) groups is 1. The first-order chi connectivity index (χ1) is 17.8. The minimum absolute atomic E-state index is 0.0566. The van der Waals surface area contributed by atoms with Crippen LogP contribution in [-0.2, 0) is 17.9 Å². The van der Waals surface area contributed by atoms with Gasteiger partial charge in [0.25, 0.3) is 5.91 Å². The molecule has 0 fully saturated rings. The zero-order valence-electron chi connectivity index (χ0n) is 20.5. The molecule has 0 saturated heterocycles. The van der Waals surface area contributed by atoms with Crippen molar-refractivity contribution in [3.8, 4) is 0 Å². The van der Waals surface area contributed by atoms with Crippen LogP contribution in [0.15, 0.2) is 91.1 Å². The summed E-state index contributed by atoms with van der Waals surface area (Å²) in [7, 11) is 3.02. The number of carbonyl (C=O) groups excluding carboxylic acids is 1. The van der Waals surface area contributed by atoms with Crippen LogP contribution >= 0.6 is 0 Å². The Hall–Kier alpha value is -4.39. The molecule has 1 amide bonds. The van der Waals surface area contributed by atoms with Gasteiger partial charge in [0.2, 0.25) is 5.95 Å². The monoisotopic (exact) mass is 501 g/mol. The highest BCUT2D eigenvalue weighted by molar-refractivity contribution is 6.24. The second-order valence-corrected chi connectivity index (χ2v) is 8.75. The maximum atomic E-state index is 16.1. The molecule has 0 atom stereocenters. The number of anilines is 1. The highest BCUT2D eigenvalue weighted by Crippen LogP contribution is 2.31. The van der Waals surface area contributed by atoms with Crippen LogP contribution in [0.1, 0.15) is 22.3 Å². The van der Waals surface area contributed by atoms with Crippen LogP contribution in [0.2, 0.25) is 0 Å². The summed E-state index contributed by atoms with van der Waals surface area (Å²) in [6, 6.07) is 24.2. The van der Waals surface area contributed by atoms with Gasteiger partial charge < -0.3 is 9.80 Å². The van der Waals surface area contributed by atoms with Gasteiger partial charge >= 0.3 is 0 Å². The number of hydrogen-bond acceptors (Lipinski definition) is 3. The largest absolute Gasteiger partial charge is 0.360 e. The summed E-state index contributed by atoms with van der Waals surface area (Å²) in [5, 5.41) is 0. The zero-order valence-corrected chi connectivity index (χ0v) is 20.5. The fraction of sp³-hybridized carbons (Fsp3) is 0.133. The van der Waals surface area contributed by atoms with E-state index in [4.69, 9.17) is 0 Å². The van der Waals surface area contributed by atoms with Crippen LogP contribution in [0.4, 0.5) is 18.9 Å². The van der Waals surface area contributed by atoms with Crippen molar-refractivity contribution in [3.63, 3.8) is 0 Å². The quantitative estimate of drug-likeness (QED) is 0.209. The lowest BCUT2D eigenvalue weighted by molar-refractivity contribution is -0.122. The standard InChI is InChI=1S/C30H26F3N3O/c1-35(2)30(37)24(23-15-16-34-28(32)17-23)18-25-26(31)13-14-27(29(25)33)36(19-21-9-5-3-6-10-21)20-22-11-7-4-8-12-22/h3-18H,19-20H2,1-2H3/b24-18+. The summed E-state index contributed by atoms with van der Waals surface area (Å²) in [6.07, 6.45) is 2.33. The molecule has 0 saturated carbocycles. The Kier molecular flexibility index (Phi) is 8.03. The van der Waals surface area contributed by atoms with E-state index in [1.807, 2.05) is 65.6 Å². The van der Waals surface area contributed by atoms with Gasteiger partial charge in [-0.2, -0.15) is 4.39 Å². The van der Waals surface area contributed by atoms with Crippen molar-refractivity contribution in [1.82, 2.24) is 9.88 Å². The van der Waals surface area contributed by atoms with Crippen LogP contribution in [0.3, 0.4) is 0 Å². The number of benzene rings is 3. The Morgan fingerprint density at radius 2 is 1.43 bits per heavy atom. The van der Waals surface area contributed by atoms with Crippen molar-refractivity contribution < 1.29 is 18.0 Å². The molecule has 37 heavy (non-hydrogen) atoms. The number of hydrogen-bond donors (Lipinski definition) is 0. The minimum atomic E-state index is -0.834. The molecule has 188 valence electrons. The van der Waals surface area contributed by atoms with Crippen molar-refractivity contribution in [3.05, 3.63) is 131 Å². The summed E-state index contributed by atoms with van der Waals surface area (Å²) in [5.74, 6) is -2.98. The van der Waals surface area contributed by atoms with Crippen molar-refractivity contribution in [2.24, 2.45) is 0 Å². The zero-order chi connectivity index (χ0) is 26.4. The van der Waals surface area contributed by atoms with E-state index in [1.54, 1.807) is 0 Å². The summed E-state index contributed by atoms with van der Waals surface area (Å²) in [5.41, 5.74) is 1.81. The molecule has 0 aliphatic rings. The van der Waals surface area contributed by atoms with E-state index < -0.39 is 23.5 Å². The molecule has 0 spiro atoms. The third-order valence-corrected chi connectivity index (χ3v) is 5.84. The number of amides is 1. The first-order valence-corrected chi connectivity index (χ1v) is 11.7. The molecule has 4 nitrogen and oxygen atoms in total. The van der Waals surface area contributed by atoms with Crippen LogP contribution < -0.4 is 4.90 Å². The van der Waals surface area contributed by atoms with E-state index in [0.29, 0.717) is 13.1 Å². The van der Waals surface area contributed by atoms with Crippen LogP contribution in [-0.4, -0.2) is 29.9 Å². The van der Waals surface area contributed by atoms with Gasteiger partial charge in [-0.05, 0) is 41.0 Å². The molecule has 0 radical (unpaired) electrons. The Bertz CT molecular complexity index is 1370. The van der Waals surface area contributed by atoms with Crippen molar-refractivity contribution in [2.75, 3.05) is 19.0 Å². The predicted molar refractivity (Wildman–Crippen MR) is 140 cm³/mol. The molecular weight excluding hydrogens is 475 g/mol. The molecule has 0 bridgehead atoms. The molecule has 0 unspecified atom stereocenters. The number of rotatable bonds is 8. The maximum Gasteiger partial charge on any atom is 0.253 e. The summed E-state index contributed by atoms with van der Waals surface area (Å²) >= 11 is 0. The summed E-state index contributed by atoms with van der Waals surface area (Å²) in [6.45, 7) is 0.751. The highest BCUT2D eigenvalue weighted by Gasteiger charge is 2.22. The van der Waals surface area contributed by atoms with Gasteiger partial charge in [0.1, 0.15) is 5.82 Å². The average molecular weight is 502 g/mol. The van der Waals surface area contributed by atoms with E-state index in [0.717, 1.165) is 23.3 Å². The number of halogens is 3. The van der Waals surface area contributed by atoms with E-state index >= 15 is 8.78 Å². The van der Waals surface area contributed by atoms with Gasteiger partial charge in [-0.25, -0.2) is 13.8 Å². The van der Waals surface area contributed by atoms with Gasteiger partial charge in [-0.1, -0.05) is 60.7 Å². The van der Waals surface area contributed by atoms with Crippen LogP contribution in [0.25, 0.3) is 11.6 Å². The SMILES string of the molecule is CN(C)C(=O)/C(=C/c1c(F)ccc(N(Cc2ccccc2)Cc2ccccc2)c1F)c1ccnc(F)c1. The fourth-order valence-electron chi connectivity index (χ4n) is 3.99. The summed E-state index contributed by atoms with van der Waals surface area (Å²) in [4.78, 5) is 19.5. The third-order valence-electron chi connectivity index (χ3n) is 5.84. The smallest absolute Gasteiger partial charge is 0.253 e. The molecule has 0 N–H and O–H groups in total. The number of pyridine rings is 1. The van der Waals surface area contributed by atoms with Crippen molar-refractivity contribution >= 4 is 23.2 Å². The van der Waals surface area contributed by atoms with Crippen LogP contribution in [0, 0.1) is 17.6 Å². The Morgan fingerprint density at radius 1 is 0.838 bits per heavy atom. The fourth-order valence-corrected chi connectivity index (χ4v) is 3.99. The van der Waals surface area contributed by atoms with Gasteiger partial charge in [0, 0.05) is 50.6 Å². The molecule has 4 aromatic rings. The second-order valence-electron chi connectivity index (χ2n) is 8.75. The van der Waals surface area contributed by atoms with Crippen molar-refractivity contribution in [2.45, 2.75) is 13.1 Å². The van der Waals surface area contributed by atoms with Gasteiger partial charge in [0.05, 0.1) is 5.69 Å². The number of likely N-dealkylation sites (N-methyl/N-ethyl adjacent to an activating group) is 1. The number of aromatic nitrogens is 1. The van der Waals surface area contributed by atoms with Crippen LogP contribution in [0.5, 0.6) is 0 Å². The molecular formula is C30H26F3N3O.